The molecule has 0 aromatic carbocycles. The summed E-state index contributed by atoms with van der Waals surface area (Å²) in [7, 11) is 2.86. The van der Waals surface area contributed by atoms with Gasteiger partial charge >= 0.3 is 30.4 Å². The monoisotopic (exact) mass is 120 g/mol. The van der Waals surface area contributed by atoms with Gasteiger partial charge in [0.05, 0.1) is 0 Å². The van der Waals surface area contributed by atoms with Gasteiger partial charge in [-0.1, -0.05) is 0 Å². The molecular weight excluding hydrogens is 118 g/mol. The second-order valence-corrected chi connectivity index (χ2v) is 1.08. The summed E-state index contributed by atoms with van der Waals surface area (Å²) >= 11 is 4.30. The topological polar surface area (TPSA) is 33.5 Å². The molecule has 0 unspecified atom stereocenters. The zero-order chi connectivity index (χ0) is 2.71. The Labute approximate surface area is 37.1 Å². The molecule has 0 aliphatic rings. The normalized spacial score (nSPS) is 3.75. The van der Waals surface area contributed by atoms with Gasteiger partial charge in [0.2, 0.25) is 0 Å². The molecule has 2 N–H and O–H groups in total. The van der Waals surface area contributed by atoms with Crippen molar-refractivity contribution in [3.63, 3.8) is 0 Å². The molecule has 0 aliphatic carbocycles. The first-order valence-electron chi connectivity index (χ1n) is 0.463. The van der Waals surface area contributed by atoms with Crippen LogP contribution in [-0.4, -0.2) is 14.8 Å². The predicted octanol–water partition coefficient (Wildman–Crippen LogP) is 0.178. The molecule has 0 saturated heterocycles. The number of rotatable bonds is 0. The standard InChI is InChI=1S/CHSi.Cu.H2N/c1-2;;/h1H;;1H2/q;;-1. The van der Waals surface area contributed by atoms with Crippen molar-refractivity contribution in [3.05, 3.63) is 6.15 Å². The first-order chi connectivity index (χ1) is 1.41. The third-order valence-corrected chi connectivity index (χ3v) is 0. The minimum atomic E-state index is 0. The van der Waals surface area contributed by atoms with Crippen molar-refractivity contribution in [1.82, 2.24) is 0 Å². The van der Waals surface area contributed by atoms with Crippen LogP contribution in [0, 0.1) is 0 Å². The fourth-order valence-corrected chi connectivity index (χ4v) is 0. The van der Waals surface area contributed by atoms with Crippen LogP contribution in [0.5, 0.6) is 0 Å². The van der Waals surface area contributed by atoms with Gasteiger partial charge in [-0.2, -0.15) is 0 Å². The average Bonchev–Trinajstić information content (AvgIpc) is 0.918. The Bertz CT molecular complexity index is 15.5. The van der Waals surface area contributed by atoms with Crippen LogP contribution >= 0.6 is 0 Å². The van der Waals surface area contributed by atoms with E-state index in [0.717, 1.165) is 0 Å². The molecule has 4 heavy (non-hydrogen) atoms. The molecule has 0 aromatic heterocycles. The Morgan fingerprint density at radius 1 is 1.75 bits per heavy atom. The molecule has 0 saturated carbocycles. The zero-order valence-corrected chi connectivity index (χ0v) is 3.90. The van der Waals surface area contributed by atoms with Gasteiger partial charge in [0.15, 0.2) is 0 Å². The quantitative estimate of drug-likeness (QED) is 0.409. The molecule has 0 fully saturated rings. The van der Waals surface area contributed by atoms with Crippen molar-refractivity contribution >= 4 is 14.8 Å². The van der Waals surface area contributed by atoms with E-state index in [9.17, 15) is 0 Å². The zero-order valence-electron chi connectivity index (χ0n) is 1.96. The fourth-order valence-electron chi connectivity index (χ4n) is 0. The summed E-state index contributed by atoms with van der Waals surface area (Å²) in [6.45, 7) is 0. The van der Waals surface area contributed by atoms with Crippen LogP contribution in [0.3, 0.4) is 0 Å². The van der Waals surface area contributed by atoms with Crippen molar-refractivity contribution in [2.75, 3.05) is 0 Å². The van der Waals surface area contributed by atoms with E-state index in [2.05, 4.69) is 25.8 Å². The summed E-state index contributed by atoms with van der Waals surface area (Å²) in [6.07, 6.45) is 0. The second-order valence-electron chi connectivity index (χ2n) is 0.0870. The Morgan fingerprint density at radius 2 is 1.75 bits per heavy atom. The van der Waals surface area contributed by atoms with Gasteiger partial charge < -0.3 is 6.15 Å². The van der Waals surface area contributed by atoms with Crippen LogP contribution < -0.4 is 0 Å². The minimum absolute atomic E-state index is 0. The Balaban J connectivity index is 0. The van der Waals surface area contributed by atoms with E-state index in [1.54, 1.807) is 0 Å². The third kappa shape index (κ3) is 19.6. The number of hydrogen-bond donors (Lipinski definition) is 0. The van der Waals surface area contributed by atoms with Crippen LogP contribution in [0.15, 0.2) is 0 Å². The Kier molecular flexibility index (Phi) is 21.1. The second kappa shape index (κ2) is 9.57. The summed E-state index contributed by atoms with van der Waals surface area (Å²) < 4.78 is 1.37. The first kappa shape index (κ1) is 8.82. The van der Waals surface area contributed by atoms with Gasteiger partial charge in [-0.25, -0.2) is 0 Å². The molecule has 0 aromatic rings. The van der Waals surface area contributed by atoms with Gasteiger partial charge in [-0.3, -0.25) is 0 Å². The molecule has 0 bridgehead atoms. The molecule has 0 heterocycles. The van der Waals surface area contributed by atoms with Gasteiger partial charge in [-0.05, 0) is 0 Å². The third-order valence-electron chi connectivity index (χ3n) is 0. The number of hydrogen-bond acceptors (Lipinski definition) is 0. The van der Waals surface area contributed by atoms with Gasteiger partial charge in [0, 0.05) is 0 Å². The molecule has 3 heteroatoms. The summed E-state index contributed by atoms with van der Waals surface area (Å²) in [4.78, 5) is 0. The molecule has 0 amide bonds. The van der Waals surface area contributed by atoms with E-state index in [1.165, 1.54) is 4.54 Å². The van der Waals surface area contributed by atoms with Crippen molar-refractivity contribution in [1.29, 1.82) is 0 Å². The maximum atomic E-state index is 4.30. The maximum absolute atomic E-state index is 4.30. The van der Waals surface area contributed by atoms with Crippen molar-refractivity contribution < 1.29 is 15.6 Å². The van der Waals surface area contributed by atoms with Crippen LogP contribution in [0.1, 0.15) is 0 Å². The van der Waals surface area contributed by atoms with E-state index in [1.807, 2.05) is 0 Å². The van der Waals surface area contributed by atoms with Gasteiger partial charge in [0.1, 0.15) is 0 Å². The molecule has 0 spiro atoms. The molecule has 0 rings (SSSR count). The molecule has 3 radical (unpaired) electrons. The number of nitrogens with two attached hydrogens (primary N) is 1. The summed E-state index contributed by atoms with van der Waals surface area (Å²) in [6, 6.07) is 0. The molecule has 28 valence electrons. The SMILES string of the molecule is [NH2-].[Si][CH]=[Cu]. The molecule has 0 aliphatic heterocycles. The van der Waals surface area contributed by atoms with E-state index < -0.39 is 0 Å². The van der Waals surface area contributed by atoms with Crippen molar-refractivity contribution in [2.24, 2.45) is 0 Å². The molecule has 0 atom stereocenters. The Morgan fingerprint density at radius 3 is 1.75 bits per heavy atom. The van der Waals surface area contributed by atoms with Crippen LogP contribution in [-0.2, 0) is 15.6 Å². The van der Waals surface area contributed by atoms with E-state index in [4.69, 9.17) is 0 Å². The fraction of sp³-hybridized carbons (Fsp3) is 0. The predicted molar refractivity (Wildman–Crippen MR) is 17.1 cm³/mol. The van der Waals surface area contributed by atoms with E-state index in [0.29, 0.717) is 0 Å². The van der Waals surface area contributed by atoms with E-state index in [-0.39, 0.29) is 6.15 Å². The summed E-state index contributed by atoms with van der Waals surface area (Å²) in [5.74, 6) is 0. The Hall–Kier alpha value is 0.566. The van der Waals surface area contributed by atoms with Crippen molar-refractivity contribution in [3.8, 4) is 0 Å². The molecule has 1 nitrogen and oxygen atoms in total. The van der Waals surface area contributed by atoms with Crippen molar-refractivity contribution in [2.45, 2.75) is 0 Å². The van der Waals surface area contributed by atoms with Crippen LogP contribution in [0.25, 0.3) is 6.15 Å². The average molecular weight is 121 g/mol. The van der Waals surface area contributed by atoms with Gasteiger partial charge in [0.25, 0.3) is 0 Å². The van der Waals surface area contributed by atoms with Crippen LogP contribution in [0.2, 0.25) is 0 Å². The molecular formula is CH3CuNSi-. The summed E-state index contributed by atoms with van der Waals surface area (Å²) in [5, 5.41) is 0. The summed E-state index contributed by atoms with van der Waals surface area (Å²) in [5.41, 5.74) is 0. The first-order valence-corrected chi connectivity index (χ1v) is 1.58. The van der Waals surface area contributed by atoms with Crippen LogP contribution in [0.4, 0.5) is 0 Å². The van der Waals surface area contributed by atoms with Gasteiger partial charge in [-0.15, -0.1) is 0 Å². The van der Waals surface area contributed by atoms with E-state index >= 15 is 0 Å².